The van der Waals surface area contributed by atoms with Crippen LogP contribution in [0.5, 0.6) is 0 Å². The second-order valence-electron chi connectivity index (χ2n) is 4.47. The number of fused-ring (bicyclic) bond motifs is 1. The molecule has 3 aromatic rings. The molecule has 0 saturated carbocycles. The van der Waals surface area contributed by atoms with Gasteiger partial charge in [0.2, 0.25) is 0 Å². The lowest BCUT2D eigenvalue weighted by molar-refractivity contribution is 0.986. The van der Waals surface area contributed by atoms with Crippen LogP contribution >= 0.6 is 12.2 Å². The maximum absolute atomic E-state index is 11.4. The predicted molar refractivity (Wildman–Crippen MR) is 84.0 cm³/mol. The zero-order chi connectivity index (χ0) is 15.0. The van der Waals surface area contributed by atoms with Crippen LogP contribution in [0.2, 0.25) is 0 Å². The molecular formula is C13H12N6OS. The first kappa shape index (κ1) is 13.3. The molecule has 0 fully saturated rings. The lowest BCUT2D eigenvalue weighted by Gasteiger charge is -2.18. The Hall–Kier alpha value is -2.74. The number of benzene rings is 1. The molecule has 2 aromatic heterocycles. The van der Waals surface area contributed by atoms with Crippen LogP contribution in [0, 0.1) is 0 Å². The summed E-state index contributed by atoms with van der Waals surface area (Å²) in [5.74, 6) is 0.671. The lowest BCUT2D eigenvalue weighted by Crippen LogP contribution is -2.14. The Balaban J connectivity index is 1.97. The van der Waals surface area contributed by atoms with Gasteiger partial charge in [-0.2, -0.15) is 5.10 Å². The number of rotatable bonds is 3. The summed E-state index contributed by atoms with van der Waals surface area (Å²) in [5.41, 5.74) is 7.51. The Morgan fingerprint density at radius 3 is 2.76 bits per heavy atom. The van der Waals surface area contributed by atoms with Crippen molar-refractivity contribution < 1.29 is 0 Å². The largest absolute Gasteiger partial charge is 0.389 e. The van der Waals surface area contributed by atoms with Crippen molar-refractivity contribution in [1.82, 2.24) is 19.6 Å². The van der Waals surface area contributed by atoms with Gasteiger partial charge >= 0.3 is 5.69 Å². The van der Waals surface area contributed by atoms with Gasteiger partial charge in [0.25, 0.3) is 0 Å². The molecule has 0 unspecified atom stereocenters. The first-order valence-corrected chi connectivity index (χ1v) is 6.53. The number of aromatic amines is 1. The minimum Gasteiger partial charge on any atom is -0.389 e. The molecule has 0 saturated heterocycles. The van der Waals surface area contributed by atoms with Crippen molar-refractivity contribution in [2.45, 2.75) is 0 Å². The van der Waals surface area contributed by atoms with E-state index < -0.39 is 0 Å². The third-order valence-corrected chi connectivity index (χ3v) is 3.41. The summed E-state index contributed by atoms with van der Waals surface area (Å²) < 4.78 is 1.34. The molecule has 0 aliphatic heterocycles. The Morgan fingerprint density at radius 2 is 2.10 bits per heavy atom. The van der Waals surface area contributed by atoms with Crippen molar-refractivity contribution >= 4 is 34.4 Å². The number of hydrogen-bond donors (Lipinski definition) is 2. The Bertz CT molecular complexity index is 866. The second kappa shape index (κ2) is 4.98. The highest BCUT2D eigenvalue weighted by Crippen LogP contribution is 2.22. The number of hydrogen-bond acceptors (Lipinski definition) is 5. The minimum atomic E-state index is -0.312. The quantitative estimate of drug-likeness (QED) is 0.696. The Morgan fingerprint density at radius 1 is 1.38 bits per heavy atom. The number of H-pyrrole nitrogens is 1. The monoisotopic (exact) mass is 300 g/mol. The molecular weight excluding hydrogens is 288 g/mol. The average molecular weight is 300 g/mol. The number of thiocarbonyl (C=S) groups is 1. The summed E-state index contributed by atoms with van der Waals surface area (Å²) in [4.78, 5) is 17.9. The van der Waals surface area contributed by atoms with E-state index in [4.69, 9.17) is 18.0 Å². The summed E-state index contributed by atoms with van der Waals surface area (Å²) in [6.45, 7) is 0. The first-order chi connectivity index (χ1) is 10.1. The van der Waals surface area contributed by atoms with Crippen LogP contribution in [0.1, 0.15) is 5.56 Å². The number of anilines is 2. The minimum absolute atomic E-state index is 0.312. The number of nitrogens with one attached hydrogen (secondary N) is 1. The van der Waals surface area contributed by atoms with Crippen molar-refractivity contribution in [1.29, 1.82) is 0 Å². The van der Waals surface area contributed by atoms with Crippen LogP contribution in [-0.4, -0.2) is 31.6 Å². The molecule has 21 heavy (non-hydrogen) atoms. The SMILES string of the molecule is CN(c1ccc(C(N)=S)cc1)c1cc2n[nH]c(=O)n2cn1. The number of nitrogens with two attached hydrogens (primary N) is 1. The van der Waals surface area contributed by atoms with Gasteiger partial charge in [0.1, 0.15) is 17.1 Å². The third-order valence-electron chi connectivity index (χ3n) is 3.18. The molecule has 0 spiro atoms. The Labute approximate surface area is 125 Å². The average Bonchev–Trinajstić information content (AvgIpc) is 2.87. The molecule has 3 rings (SSSR count). The fourth-order valence-corrected chi connectivity index (χ4v) is 2.10. The van der Waals surface area contributed by atoms with E-state index in [-0.39, 0.29) is 5.69 Å². The van der Waals surface area contributed by atoms with Crippen molar-refractivity contribution in [3.05, 3.63) is 52.7 Å². The van der Waals surface area contributed by atoms with Crippen molar-refractivity contribution in [3.8, 4) is 0 Å². The van der Waals surface area contributed by atoms with Crippen LogP contribution in [0.3, 0.4) is 0 Å². The molecule has 106 valence electrons. The van der Waals surface area contributed by atoms with Gasteiger partial charge in [-0.1, -0.05) is 12.2 Å². The summed E-state index contributed by atoms with van der Waals surface area (Å²) in [5, 5.41) is 6.29. The molecule has 0 atom stereocenters. The standard InChI is InChI=1S/C13H12N6OS/c1-18(9-4-2-8(3-5-9)12(14)21)10-6-11-16-17-13(20)19(11)7-15-10/h2-7H,1H3,(H2,14,21)(H,17,20). The zero-order valence-corrected chi connectivity index (χ0v) is 12.0. The maximum atomic E-state index is 11.4. The summed E-state index contributed by atoms with van der Waals surface area (Å²) in [6, 6.07) is 9.23. The van der Waals surface area contributed by atoms with Crippen LogP contribution < -0.4 is 16.3 Å². The summed E-state index contributed by atoms with van der Waals surface area (Å²) in [6.07, 6.45) is 1.44. The van der Waals surface area contributed by atoms with E-state index in [1.807, 2.05) is 36.2 Å². The maximum Gasteiger partial charge on any atom is 0.348 e. The van der Waals surface area contributed by atoms with E-state index in [1.165, 1.54) is 10.7 Å². The molecule has 0 aliphatic carbocycles. The summed E-state index contributed by atoms with van der Waals surface area (Å²) in [7, 11) is 1.87. The molecule has 0 amide bonds. The molecule has 0 aliphatic rings. The molecule has 0 radical (unpaired) electrons. The Kier molecular flexibility index (Phi) is 3.15. The van der Waals surface area contributed by atoms with E-state index in [1.54, 1.807) is 6.07 Å². The second-order valence-corrected chi connectivity index (χ2v) is 4.91. The first-order valence-electron chi connectivity index (χ1n) is 6.12. The highest BCUT2D eigenvalue weighted by atomic mass is 32.1. The molecule has 8 heteroatoms. The summed E-state index contributed by atoms with van der Waals surface area (Å²) >= 11 is 4.93. The van der Waals surface area contributed by atoms with Crippen LogP contribution in [0.25, 0.3) is 5.65 Å². The predicted octanol–water partition coefficient (Wildman–Crippen LogP) is 0.820. The number of aromatic nitrogens is 4. The van der Waals surface area contributed by atoms with E-state index in [0.29, 0.717) is 16.5 Å². The van der Waals surface area contributed by atoms with Gasteiger partial charge in [-0.25, -0.2) is 19.3 Å². The van der Waals surface area contributed by atoms with Gasteiger partial charge in [-0.15, -0.1) is 0 Å². The van der Waals surface area contributed by atoms with Crippen LogP contribution in [0.15, 0.2) is 41.5 Å². The smallest absolute Gasteiger partial charge is 0.348 e. The molecule has 3 N–H and O–H groups in total. The fraction of sp³-hybridized carbons (Fsp3) is 0.0769. The van der Waals surface area contributed by atoms with Crippen molar-refractivity contribution in [2.75, 3.05) is 11.9 Å². The lowest BCUT2D eigenvalue weighted by atomic mass is 10.2. The van der Waals surface area contributed by atoms with E-state index in [0.717, 1.165) is 11.3 Å². The van der Waals surface area contributed by atoms with Crippen LogP contribution in [-0.2, 0) is 0 Å². The molecule has 0 bridgehead atoms. The molecule has 1 aromatic carbocycles. The van der Waals surface area contributed by atoms with Crippen molar-refractivity contribution in [3.63, 3.8) is 0 Å². The van der Waals surface area contributed by atoms with Gasteiger partial charge in [-0.05, 0) is 24.3 Å². The normalized spacial score (nSPS) is 10.7. The van der Waals surface area contributed by atoms with Crippen LogP contribution in [0.4, 0.5) is 11.5 Å². The van der Waals surface area contributed by atoms with E-state index in [2.05, 4.69) is 15.2 Å². The topological polar surface area (TPSA) is 92.3 Å². The number of nitrogens with zero attached hydrogens (tertiary/aromatic N) is 4. The van der Waals surface area contributed by atoms with Gasteiger partial charge in [0.05, 0.1) is 0 Å². The van der Waals surface area contributed by atoms with Gasteiger partial charge < -0.3 is 10.6 Å². The third kappa shape index (κ3) is 2.36. The van der Waals surface area contributed by atoms with Gasteiger partial charge in [0.15, 0.2) is 5.65 Å². The molecule has 7 nitrogen and oxygen atoms in total. The highest BCUT2D eigenvalue weighted by molar-refractivity contribution is 7.80. The van der Waals surface area contributed by atoms with E-state index >= 15 is 0 Å². The van der Waals surface area contributed by atoms with Gasteiger partial charge in [0, 0.05) is 24.4 Å². The van der Waals surface area contributed by atoms with Crippen molar-refractivity contribution in [2.24, 2.45) is 5.73 Å². The highest BCUT2D eigenvalue weighted by Gasteiger charge is 2.08. The zero-order valence-electron chi connectivity index (χ0n) is 11.1. The van der Waals surface area contributed by atoms with E-state index in [9.17, 15) is 4.79 Å². The molecule has 2 heterocycles. The fourth-order valence-electron chi connectivity index (χ4n) is 1.96. The van der Waals surface area contributed by atoms with Gasteiger partial charge in [-0.3, -0.25) is 0 Å².